The SMILES string of the molecule is CCN(/N=C(/Br)CC/C(C)=C(\C)N(N)SI)C1CC2(C1)CN(C(=O)OC(C)(C)C)C2. The van der Waals surface area contributed by atoms with Gasteiger partial charge in [-0.3, -0.25) is 5.01 Å². The van der Waals surface area contributed by atoms with Crippen molar-refractivity contribution in [2.75, 3.05) is 19.6 Å². The largest absolute Gasteiger partial charge is 0.444 e. The third-order valence-electron chi connectivity index (χ3n) is 5.75. The summed E-state index contributed by atoms with van der Waals surface area (Å²) in [6.45, 7) is 14.5. The maximum Gasteiger partial charge on any atom is 0.410 e. The van der Waals surface area contributed by atoms with E-state index in [1.807, 2.05) is 32.6 Å². The Balaban J connectivity index is 1.81. The average molecular weight is 616 g/mol. The highest BCUT2D eigenvalue weighted by Gasteiger charge is 2.55. The van der Waals surface area contributed by atoms with Crippen molar-refractivity contribution in [2.45, 2.75) is 78.9 Å². The van der Waals surface area contributed by atoms with E-state index in [1.165, 1.54) is 14.7 Å². The predicted octanol–water partition coefficient (Wildman–Crippen LogP) is 5.66. The zero-order valence-electron chi connectivity index (χ0n) is 18.9. The molecule has 0 aromatic carbocycles. The maximum absolute atomic E-state index is 12.2. The number of carbonyl (C=O) groups is 1. The number of nitrogens with zero attached hydrogens (tertiary/aromatic N) is 4. The number of hydrazone groups is 1. The van der Waals surface area contributed by atoms with Crippen LogP contribution in [0.25, 0.3) is 0 Å². The Bertz CT molecular complexity index is 683. The van der Waals surface area contributed by atoms with Crippen molar-refractivity contribution < 1.29 is 9.53 Å². The zero-order chi connectivity index (χ0) is 22.7. The lowest BCUT2D eigenvalue weighted by atomic mass is 9.60. The Labute approximate surface area is 206 Å². The number of allylic oxidation sites excluding steroid dienone is 2. The van der Waals surface area contributed by atoms with Crippen LogP contribution < -0.4 is 5.84 Å². The topological polar surface area (TPSA) is 74.4 Å². The summed E-state index contributed by atoms with van der Waals surface area (Å²) in [5.41, 5.74) is 2.17. The molecule has 10 heteroatoms. The first kappa shape index (κ1) is 26.1. The molecule has 0 aromatic heterocycles. The number of likely N-dealkylation sites (tertiary alicyclic amines) is 1. The fourth-order valence-corrected chi connectivity index (χ4v) is 5.49. The number of rotatable bonds is 8. The number of ether oxygens (including phenoxy) is 1. The summed E-state index contributed by atoms with van der Waals surface area (Å²) in [5.74, 6) is 5.94. The number of nitrogens with two attached hydrogens (primary N) is 1. The molecule has 7 nitrogen and oxygen atoms in total. The van der Waals surface area contributed by atoms with Gasteiger partial charge in [0, 0.05) is 73.5 Å². The Morgan fingerprint density at radius 3 is 2.43 bits per heavy atom. The second kappa shape index (κ2) is 10.6. The van der Waals surface area contributed by atoms with Gasteiger partial charge in [-0.15, -0.1) is 0 Å². The number of carbonyl (C=O) groups excluding carboxylic acids is 1. The van der Waals surface area contributed by atoms with Crippen LogP contribution in [-0.2, 0) is 4.74 Å². The van der Waals surface area contributed by atoms with Gasteiger partial charge in [0.1, 0.15) is 10.2 Å². The first-order valence-corrected chi connectivity index (χ1v) is 14.5. The quantitative estimate of drug-likeness (QED) is 0.125. The molecule has 1 amide bonds. The highest BCUT2D eigenvalue weighted by Crippen LogP contribution is 2.50. The van der Waals surface area contributed by atoms with E-state index in [4.69, 9.17) is 15.7 Å². The molecule has 0 bridgehead atoms. The molecule has 1 aliphatic carbocycles. The van der Waals surface area contributed by atoms with Crippen molar-refractivity contribution in [3.8, 4) is 0 Å². The summed E-state index contributed by atoms with van der Waals surface area (Å²) < 4.78 is 8.12. The summed E-state index contributed by atoms with van der Waals surface area (Å²) in [7, 11) is 1.48. The van der Waals surface area contributed by atoms with Crippen LogP contribution in [0.4, 0.5) is 4.79 Å². The van der Waals surface area contributed by atoms with Crippen LogP contribution in [0.15, 0.2) is 16.4 Å². The summed E-state index contributed by atoms with van der Waals surface area (Å²) in [6.07, 6.45) is 3.73. The lowest BCUT2D eigenvalue weighted by Crippen LogP contribution is -2.67. The van der Waals surface area contributed by atoms with Gasteiger partial charge in [-0.1, -0.05) is 5.57 Å². The van der Waals surface area contributed by atoms with Crippen LogP contribution in [-0.4, -0.2) is 56.3 Å². The molecule has 1 saturated carbocycles. The lowest BCUT2D eigenvalue weighted by Gasteiger charge is -2.60. The van der Waals surface area contributed by atoms with E-state index in [0.29, 0.717) is 6.04 Å². The molecule has 1 saturated heterocycles. The molecule has 0 aromatic rings. The van der Waals surface area contributed by atoms with E-state index in [1.54, 1.807) is 4.41 Å². The molecule has 2 fully saturated rings. The van der Waals surface area contributed by atoms with E-state index in [0.717, 1.165) is 55.6 Å². The fraction of sp³-hybridized carbons (Fsp3) is 0.800. The van der Waals surface area contributed by atoms with Crippen LogP contribution >= 0.6 is 46.3 Å². The number of halogens is 2. The molecule has 30 heavy (non-hydrogen) atoms. The van der Waals surface area contributed by atoms with Gasteiger partial charge in [-0.2, -0.15) is 5.10 Å². The Hall–Kier alpha value is -0.200. The number of amides is 1. The van der Waals surface area contributed by atoms with Gasteiger partial charge in [0.2, 0.25) is 0 Å². The van der Waals surface area contributed by atoms with Crippen LogP contribution in [0.2, 0.25) is 0 Å². The first-order valence-electron chi connectivity index (χ1n) is 10.4. The van der Waals surface area contributed by atoms with Gasteiger partial charge in [0.25, 0.3) is 0 Å². The van der Waals surface area contributed by atoms with Crippen LogP contribution in [0.1, 0.15) is 67.2 Å². The Morgan fingerprint density at radius 1 is 1.33 bits per heavy atom. The summed E-state index contributed by atoms with van der Waals surface area (Å²) in [4.78, 5) is 14.0. The highest BCUT2D eigenvalue weighted by molar-refractivity contribution is 14.2. The number of hydrogen-bond acceptors (Lipinski definition) is 7. The monoisotopic (exact) mass is 615 g/mol. The normalized spacial score (nSPS) is 19.8. The van der Waals surface area contributed by atoms with Crippen LogP contribution in [0, 0.1) is 5.41 Å². The van der Waals surface area contributed by atoms with Gasteiger partial charge < -0.3 is 9.64 Å². The number of hydrazine groups is 1. The van der Waals surface area contributed by atoms with Gasteiger partial charge in [0.05, 0.1) is 0 Å². The summed E-state index contributed by atoms with van der Waals surface area (Å²) >= 11 is 5.83. The molecule has 0 unspecified atom stereocenters. The smallest absolute Gasteiger partial charge is 0.410 e. The Kier molecular flexibility index (Phi) is 9.22. The molecule has 172 valence electrons. The minimum Gasteiger partial charge on any atom is -0.444 e. The maximum atomic E-state index is 12.2. The van der Waals surface area contributed by atoms with Crippen molar-refractivity contribution in [1.29, 1.82) is 0 Å². The third kappa shape index (κ3) is 6.90. The molecule has 1 heterocycles. The standard InChI is InChI=1S/C20H35BrIN5O2S/c1-7-26(24-17(21)9-8-14(2)15(3)27(23)30-22)16-10-20(11-16)12-25(13-20)18(28)29-19(4,5)6/h16H,7-13,23H2,1-6H3/b15-14+,24-17+. The lowest BCUT2D eigenvalue weighted by molar-refractivity contribution is -0.107. The van der Waals surface area contributed by atoms with Crippen molar-refractivity contribution in [3.63, 3.8) is 0 Å². The summed E-state index contributed by atoms with van der Waals surface area (Å²) in [5, 5.41) is 7.01. The second-order valence-corrected chi connectivity index (χ2v) is 12.0. The Morgan fingerprint density at radius 2 is 1.93 bits per heavy atom. The molecule has 1 aliphatic heterocycles. The third-order valence-corrected chi connectivity index (χ3v) is 8.00. The summed E-state index contributed by atoms with van der Waals surface area (Å²) in [6, 6.07) is 0.441. The van der Waals surface area contributed by atoms with Gasteiger partial charge in [-0.05, 0) is 76.7 Å². The minimum atomic E-state index is -0.439. The van der Waals surface area contributed by atoms with Crippen molar-refractivity contribution in [1.82, 2.24) is 14.3 Å². The molecular formula is C20H35BrIN5O2S. The van der Waals surface area contributed by atoms with Gasteiger partial charge in [-0.25, -0.2) is 15.1 Å². The van der Waals surface area contributed by atoms with Crippen molar-refractivity contribution in [2.24, 2.45) is 16.4 Å². The van der Waals surface area contributed by atoms with Gasteiger partial charge >= 0.3 is 6.09 Å². The molecule has 1 spiro atoms. The fourth-order valence-electron chi connectivity index (χ4n) is 3.94. The number of hydrogen-bond donors (Lipinski definition) is 1. The van der Waals surface area contributed by atoms with E-state index in [2.05, 4.69) is 56.0 Å². The molecule has 2 rings (SSSR count). The van der Waals surface area contributed by atoms with E-state index in [-0.39, 0.29) is 11.5 Å². The van der Waals surface area contributed by atoms with E-state index in [9.17, 15) is 4.79 Å². The predicted molar refractivity (Wildman–Crippen MR) is 137 cm³/mol. The zero-order valence-corrected chi connectivity index (χ0v) is 23.4. The highest BCUT2D eigenvalue weighted by atomic mass is 127. The second-order valence-electron chi connectivity index (χ2n) is 9.39. The molecular weight excluding hydrogens is 581 g/mol. The van der Waals surface area contributed by atoms with Crippen molar-refractivity contribution >= 4 is 57.0 Å². The van der Waals surface area contributed by atoms with E-state index >= 15 is 0 Å². The van der Waals surface area contributed by atoms with Crippen molar-refractivity contribution in [3.05, 3.63) is 11.3 Å². The minimum absolute atomic E-state index is 0.194. The molecule has 2 N–H and O–H groups in total. The van der Waals surface area contributed by atoms with Gasteiger partial charge in [0.15, 0.2) is 0 Å². The molecule has 0 atom stereocenters. The van der Waals surface area contributed by atoms with Crippen LogP contribution in [0.5, 0.6) is 0 Å². The van der Waals surface area contributed by atoms with E-state index < -0.39 is 5.60 Å². The molecule has 0 radical (unpaired) electrons. The average Bonchev–Trinajstić information content (AvgIpc) is 2.59. The molecule has 2 aliphatic rings. The first-order chi connectivity index (χ1) is 13.9. The van der Waals surface area contributed by atoms with Crippen LogP contribution in [0.3, 0.4) is 0 Å².